The first-order valence-electron chi connectivity index (χ1n) is 7.27. The quantitative estimate of drug-likeness (QED) is 0.731. The molecular weight excluding hydrogens is 326 g/mol. The van der Waals surface area contributed by atoms with E-state index in [4.69, 9.17) is 16.3 Å². The van der Waals surface area contributed by atoms with Crippen LogP contribution < -0.4 is 15.4 Å². The van der Waals surface area contributed by atoms with Crippen LogP contribution >= 0.6 is 11.6 Å². The monoisotopic (exact) mass is 341 g/mol. The molecule has 0 aliphatic heterocycles. The summed E-state index contributed by atoms with van der Waals surface area (Å²) in [6.07, 6.45) is 3.48. The molecule has 0 aliphatic carbocycles. The first kappa shape index (κ1) is 16.0. The van der Waals surface area contributed by atoms with Crippen molar-refractivity contribution in [3.63, 3.8) is 0 Å². The first-order chi connectivity index (χ1) is 11.7. The third-order valence-electron chi connectivity index (χ3n) is 3.33. The van der Waals surface area contributed by atoms with Gasteiger partial charge >= 0.3 is 0 Å². The zero-order valence-electron chi connectivity index (χ0n) is 13.2. The number of methoxy groups -OCH3 is 1. The van der Waals surface area contributed by atoms with E-state index in [1.54, 1.807) is 44.8 Å². The van der Waals surface area contributed by atoms with Crippen molar-refractivity contribution in [3.8, 4) is 17.0 Å². The van der Waals surface area contributed by atoms with Gasteiger partial charge in [-0.1, -0.05) is 11.6 Å². The van der Waals surface area contributed by atoms with Gasteiger partial charge in [0.25, 0.3) is 0 Å². The fraction of sp³-hybridized carbons (Fsp3) is 0.118. The summed E-state index contributed by atoms with van der Waals surface area (Å²) < 4.78 is 5.35. The first-order valence-corrected chi connectivity index (χ1v) is 7.65. The molecule has 7 heteroatoms. The summed E-state index contributed by atoms with van der Waals surface area (Å²) in [6, 6.07) is 11.0. The Morgan fingerprint density at radius 2 is 2.00 bits per heavy atom. The van der Waals surface area contributed by atoms with Gasteiger partial charge in [0.05, 0.1) is 18.5 Å². The van der Waals surface area contributed by atoms with E-state index in [0.717, 1.165) is 16.9 Å². The van der Waals surface area contributed by atoms with Crippen molar-refractivity contribution in [2.45, 2.75) is 0 Å². The Hall–Kier alpha value is -2.86. The summed E-state index contributed by atoms with van der Waals surface area (Å²) in [5.41, 5.74) is 2.38. The number of pyridine rings is 1. The van der Waals surface area contributed by atoms with Crippen molar-refractivity contribution in [3.05, 3.63) is 53.8 Å². The van der Waals surface area contributed by atoms with Crippen LogP contribution in [0, 0.1) is 0 Å². The number of anilines is 3. The van der Waals surface area contributed by atoms with E-state index in [0.29, 0.717) is 22.5 Å². The predicted molar refractivity (Wildman–Crippen MR) is 96.1 cm³/mol. The molecule has 3 rings (SSSR count). The molecule has 1 aromatic carbocycles. The number of hydrogen-bond acceptors (Lipinski definition) is 6. The van der Waals surface area contributed by atoms with Crippen LogP contribution in [0.15, 0.2) is 48.8 Å². The maximum Gasteiger partial charge on any atom is 0.224 e. The third-order valence-corrected chi connectivity index (χ3v) is 3.57. The number of rotatable bonds is 5. The highest BCUT2D eigenvalue weighted by molar-refractivity contribution is 6.31. The molecular formula is C17H16ClN5O. The molecule has 0 unspecified atom stereocenters. The Morgan fingerprint density at radius 1 is 1.12 bits per heavy atom. The number of benzene rings is 1. The minimum atomic E-state index is 0.500. The Balaban J connectivity index is 2.01. The average molecular weight is 342 g/mol. The molecule has 0 radical (unpaired) electrons. The molecule has 2 heterocycles. The van der Waals surface area contributed by atoms with Gasteiger partial charge in [-0.25, -0.2) is 4.98 Å². The molecule has 0 atom stereocenters. The molecule has 2 aromatic heterocycles. The molecule has 0 fully saturated rings. The van der Waals surface area contributed by atoms with Gasteiger partial charge in [0, 0.05) is 36.1 Å². The summed E-state index contributed by atoms with van der Waals surface area (Å²) in [5, 5.41) is 6.80. The highest BCUT2D eigenvalue weighted by atomic mass is 35.5. The topological polar surface area (TPSA) is 72.0 Å². The van der Waals surface area contributed by atoms with E-state index in [1.807, 2.05) is 18.2 Å². The molecule has 0 aliphatic rings. The lowest BCUT2D eigenvalue weighted by Crippen LogP contribution is -2.03. The van der Waals surface area contributed by atoms with Crippen molar-refractivity contribution in [1.82, 2.24) is 15.0 Å². The van der Waals surface area contributed by atoms with Crippen LogP contribution in [0.4, 0.5) is 17.5 Å². The van der Waals surface area contributed by atoms with Crippen molar-refractivity contribution < 1.29 is 4.74 Å². The number of nitrogens with zero attached hydrogens (tertiary/aromatic N) is 3. The Labute approximate surface area is 144 Å². The Bertz CT molecular complexity index is 842. The van der Waals surface area contributed by atoms with Crippen molar-refractivity contribution >= 4 is 29.1 Å². The molecule has 3 aromatic rings. The van der Waals surface area contributed by atoms with Crippen LogP contribution in [0.5, 0.6) is 5.75 Å². The minimum Gasteiger partial charge on any atom is -0.495 e. The summed E-state index contributed by atoms with van der Waals surface area (Å²) in [5.74, 6) is 1.79. The molecule has 122 valence electrons. The molecule has 0 spiro atoms. The molecule has 2 N–H and O–H groups in total. The van der Waals surface area contributed by atoms with Gasteiger partial charge in [-0.2, -0.15) is 4.98 Å². The summed E-state index contributed by atoms with van der Waals surface area (Å²) in [4.78, 5) is 13.0. The number of nitrogens with one attached hydrogen (secondary N) is 2. The smallest absolute Gasteiger partial charge is 0.224 e. The average Bonchev–Trinajstić information content (AvgIpc) is 2.62. The largest absolute Gasteiger partial charge is 0.495 e. The van der Waals surface area contributed by atoms with Gasteiger partial charge in [0.15, 0.2) is 0 Å². The Morgan fingerprint density at radius 3 is 2.71 bits per heavy atom. The van der Waals surface area contributed by atoms with Crippen LogP contribution in [0.25, 0.3) is 11.3 Å². The van der Waals surface area contributed by atoms with Crippen LogP contribution in [0.2, 0.25) is 5.02 Å². The minimum absolute atomic E-state index is 0.500. The van der Waals surface area contributed by atoms with Gasteiger partial charge in [-0.15, -0.1) is 0 Å². The van der Waals surface area contributed by atoms with Crippen LogP contribution in [0.1, 0.15) is 0 Å². The zero-order valence-corrected chi connectivity index (χ0v) is 14.0. The van der Waals surface area contributed by atoms with E-state index in [1.165, 1.54) is 0 Å². The third kappa shape index (κ3) is 3.55. The van der Waals surface area contributed by atoms with E-state index in [-0.39, 0.29) is 0 Å². The van der Waals surface area contributed by atoms with Crippen molar-refractivity contribution in [1.29, 1.82) is 0 Å². The van der Waals surface area contributed by atoms with E-state index in [9.17, 15) is 0 Å². The normalized spacial score (nSPS) is 10.3. The van der Waals surface area contributed by atoms with E-state index in [2.05, 4.69) is 25.6 Å². The second-order valence-corrected chi connectivity index (χ2v) is 5.36. The highest BCUT2D eigenvalue weighted by Gasteiger charge is 2.09. The van der Waals surface area contributed by atoms with Gasteiger partial charge in [0.1, 0.15) is 11.6 Å². The molecule has 0 amide bonds. The SMILES string of the molecule is CNc1nc(Nc2cc(Cl)ccc2OC)cc(-c2cccnc2)n1. The molecule has 6 nitrogen and oxygen atoms in total. The summed E-state index contributed by atoms with van der Waals surface area (Å²) >= 11 is 6.08. The van der Waals surface area contributed by atoms with Crippen LogP contribution in [0.3, 0.4) is 0 Å². The van der Waals surface area contributed by atoms with Gasteiger partial charge in [-0.3, -0.25) is 4.98 Å². The number of hydrogen-bond donors (Lipinski definition) is 2. The number of ether oxygens (including phenoxy) is 1. The van der Waals surface area contributed by atoms with E-state index >= 15 is 0 Å². The van der Waals surface area contributed by atoms with E-state index < -0.39 is 0 Å². The molecule has 0 saturated heterocycles. The van der Waals surface area contributed by atoms with Gasteiger partial charge in [-0.05, 0) is 30.3 Å². The zero-order chi connectivity index (χ0) is 16.9. The van der Waals surface area contributed by atoms with Crippen molar-refractivity contribution in [2.75, 3.05) is 24.8 Å². The highest BCUT2D eigenvalue weighted by Crippen LogP contribution is 2.31. The maximum absolute atomic E-state index is 6.08. The lowest BCUT2D eigenvalue weighted by molar-refractivity contribution is 0.417. The molecule has 0 bridgehead atoms. The van der Waals surface area contributed by atoms with Gasteiger partial charge in [0.2, 0.25) is 5.95 Å². The second-order valence-electron chi connectivity index (χ2n) is 4.92. The predicted octanol–water partition coefficient (Wildman–Crippen LogP) is 3.99. The lowest BCUT2D eigenvalue weighted by atomic mass is 10.2. The maximum atomic E-state index is 6.08. The molecule has 0 saturated carbocycles. The summed E-state index contributed by atoms with van der Waals surface area (Å²) in [7, 11) is 3.38. The fourth-order valence-corrected chi connectivity index (χ4v) is 2.37. The van der Waals surface area contributed by atoms with Crippen molar-refractivity contribution in [2.24, 2.45) is 0 Å². The lowest BCUT2D eigenvalue weighted by Gasteiger charge is -2.13. The van der Waals surface area contributed by atoms with Crippen LogP contribution in [-0.4, -0.2) is 29.1 Å². The van der Waals surface area contributed by atoms with Crippen LogP contribution in [-0.2, 0) is 0 Å². The summed E-state index contributed by atoms with van der Waals surface area (Å²) in [6.45, 7) is 0. The number of aromatic nitrogens is 3. The fourth-order valence-electron chi connectivity index (χ4n) is 2.20. The number of halogens is 1. The second kappa shape index (κ2) is 7.14. The Kier molecular flexibility index (Phi) is 4.77. The van der Waals surface area contributed by atoms with Gasteiger partial charge < -0.3 is 15.4 Å². The standard InChI is InChI=1S/C17H16ClN5O/c1-19-17-22-13(11-4-3-7-20-10-11)9-16(23-17)21-14-8-12(18)5-6-15(14)24-2/h3-10H,1-2H3,(H2,19,21,22,23). The molecule has 24 heavy (non-hydrogen) atoms.